The van der Waals surface area contributed by atoms with Crippen LogP contribution in [0.3, 0.4) is 0 Å². The zero-order chi connectivity index (χ0) is 34.4. The van der Waals surface area contributed by atoms with Crippen LogP contribution in [-0.4, -0.2) is 88.7 Å². The molecule has 2 aliphatic heterocycles. The fourth-order valence-electron chi connectivity index (χ4n) is 7.59. The highest BCUT2D eigenvalue weighted by Gasteiger charge is 2.39. The fraction of sp³-hybridized carbons (Fsp3) is 0.684. The Morgan fingerprint density at radius 2 is 1.60 bits per heavy atom. The Bertz CT molecular complexity index is 1310. The average molecular weight is 651 g/mol. The lowest BCUT2D eigenvalue weighted by atomic mass is 9.89. The predicted octanol–water partition coefficient (Wildman–Crippen LogP) is 5.43. The molecule has 2 heterocycles. The zero-order valence-electron chi connectivity index (χ0n) is 30.0. The molecule has 2 fully saturated rings. The van der Waals surface area contributed by atoms with Crippen molar-refractivity contribution >= 4 is 23.7 Å². The van der Waals surface area contributed by atoms with Crippen molar-refractivity contribution in [3.05, 3.63) is 47.0 Å². The number of amides is 3. The molecule has 0 saturated carbocycles. The van der Waals surface area contributed by atoms with E-state index in [1.54, 1.807) is 23.8 Å². The standard InChI is InChI=1S/C38H58N4O5/c1-24(2)32(40(8)37(45)34(25(3)4)39-35(43)30-18-11-12-21-41(30)26(5)6)23-27(7)36(44)42-22-14-19-31(42)38(46)47-33-20-13-16-28-15-9-10-17-29(28)33/h9-10,15,17,23-26,30-34H,11-14,16,18-22H2,1-8H3,(H,39,43)/b27-23+/t30?,31?,32-,33?,34?/m1/s1. The van der Waals surface area contributed by atoms with Gasteiger partial charge in [-0.15, -0.1) is 0 Å². The lowest BCUT2D eigenvalue weighted by Gasteiger charge is -2.39. The van der Waals surface area contributed by atoms with Crippen LogP contribution in [0.1, 0.15) is 111 Å². The number of carbonyl (C=O) groups is 4. The molecule has 47 heavy (non-hydrogen) atoms. The lowest BCUT2D eigenvalue weighted by molar-refractivity contribution is -0.158. The number of nitrogens with zero attached hydrogens (tertiary/aromatic N) is 3. The minimum atomic E-state index is -0.684. The van der Waals surface area contributed by atoms with E-state index in [0.717, 1.165) is 57.1 Å². The summed E-state index contributed by atoms with van der Waals surface area (Å²) in [5.41, 5.74) is 2.78. The zero-order valence-corrected chi connectivity index (χ0v) is 30.0. The molecule has 260 valence electrons. The number of nitrogens with one attached hydrogen (secondary N) is 1. The van der Waals surface area contributed by atoms with Crippen molar-refractivity contribution in [2.45, 2.75) is 136 Å². The van der Waals surface area contributed by atoms with E-state index in [0.29, 0.717) is 18.5 Å². The fourth-order valence-corrected chi connectivity index (χ4v) is 7.59. The van der Waals surface area contributed by atoms with Gasteiger partial charge in [0.25, 0.3) is 0 Å². The van der Waals surface area contributed by atoms with Crippen molar-refractivity contribution in [1.29, 1.82) is 0 Å². The van der Waals surface area contributed by atoms with Crippen LogP contribution in [0.5, 0.6) is 0 Å². The maximum Gasteiger partial charge on any atom is 0.329 e. The van der Waals surface area contributed by atoms with Crippen LogP contribution >= 0.6 is 0 Å². The number of carbonyl (C=O) groups excluding carboxylic acids is 4. The van der Waals surface area contributed by atoms with Crippen molar-refractivity contribution in [2.24, 2.45) is 11.8 Å². The third-order valence-corrected chi connectivity index (χ3v) is 10.3. The van der Waals surface area contributed by atoms with Crippen molar-refractivity contribution in [1.82, 2.24) is 20.0 Å². The van der Waals surface area contributed by atoms with E-state index >= 15 is 0 Å². The van der Waals surface area contributed by atoms with Gasteiger partial charge in [-0.05, 0) is 95.2 Å². The van der Waals surface area contributed by atoms with Gasteiger partial charge >= 0.3 is 5.97 Å². The molecule has 1 aromatic carbocycles. The smallest absolute Gasteiger partial charge is 0.329 e. The Hall–Kier alpha value is -3.20. The van der Waals surface area contributed by atoms with Gasteiger partial charge in [0.2, 0.25) is 17.7 Å². The summed E-state index contributed by atoms with van der Waals surface area (Å²) in [6, 6.07) is 6.45. The Morgan fingerprint density at radius 1 is 0.894 bits per heavy atom. The Kier molecular flexibility index (Phi) is 12.7. The van der Waals surface area contributed by atoms with Crippen LogP contribution in [0.25, 0.3) is 0 Å². The number of likely N-dealkylation sites (N-methyl/N-ethyl adjacent to an activating group) is 1. The molecule has 2 saturated heterocycles. The SMILES string of the molecule is C/C(=C\[C@H](C(C)C)N(C)C(=O)C(NC(=O)C1CCCCN1C(C)C)C(C)C)C(=O)N1CCCC1C(=O)OC1CCCc2ccccc21. The molecule has 0 bridgehead atoms. The first-order valence-electron chi connectivity index (χ1n) is 17.9. The Balaban J connectivity index is 1.45. The maximum atomic E-state index is 14.0. The van der Waals surface area contributed by atoms with Crippen molar-refractivity contribution in [2.75, 3.05) is 20.1 Å². The second-order valence-electron chi connectivity index (χ2n) is 14.8. The van der Waals surface area contributed by atoms with Crippen LogP contribution in [0.15, 0.2) is 35.9 Å². The van der Waals surface area contributed by atoms with Gasteiger partial charge in [-0.3, -0.25) is 19.3 Å². The Morgan fingerprint density at radius 3 is 2.28 bits per heavy atom. The van der Waals surface area contributed by atoms with Crippen molar-refractivity contribution in [3.63, 3.8) is 0 Å². The van der Waals surface area contributed by atoms with E-state index in [4.69, 9.17) is 4.74 Å². The monoisotopic (exact) mass is 650 g/mol. The first-order chi connectivity index (χ1) is 22.3. The second-order valence-corrected chi connectivity index (χ2v) is 14.8. The maximum absolute atomic E-state index is 14.0. The van der Waals surface area contributed by atoms with E-state index in [2.05, 4.69) is 30.1 Å². The molecule has 9 heteroatoms. The molecule has 3 amide bonds. The summed E-state index contributed by atoms with van der Waals surface area (Å²) in [7, 11) is 1.75. The van der Waals surface area contributed by atoms with E-state index in [9.17, 15) is 19.2 Å². The number of aryl methyl sites for hydroxylation is 1. The molecule has 9 nitrogen and oxygen atoms in total. The molecule has 0 radical (unpaired) electrons. The number of hydrogen-bond acceptors (Lipinski definition) is 6. The number of piperidine rings is 1. The van der Waals surface area contributed by atoms with Gasteiger partial charge in [-0.1, -0.05) is 64.5 Å². The molecule has 5 atom stereocenters. The molecular weight excluding hydrogens is 592 g/mol. The van der Waals surface area contributed by atoms with Gasteiger partial charge in [0.15, 0.2) is 0 Å². The Labute approximate surface area is 282 Å². The van der Waals surface area contributed by atoms with Crippen LogP contribution in [0.2, 0.25) is 0 Å². The molecule has 3 aliphatic rings. The van der Waals surface area contributed by atoms with E-state index in [1.807, 2.05) is 52.0 Å². The lowest BCUT2D eigenvalue weighted by Crippen LogP contribution is -2.58. The van der Waals surface area contributed by atoms with Gasteiger partial charge < -0.3 is 19.9 Å². The summed E-state index contributed by atoms with van der Waals surface area (Å²) < 4.78 is 6.05. The topological polar surface area (TPSA) is 99.3 Å². The minimum Gasteiger partial charge on any atom is -0.456 e. The number of fused-ring (bicyclic) bond motifs is 1. The molecular formula is C38H58N4O5. The summed E-state index contributed by atoms with van der Waals surface area (Å²) in [6.45, 7) is 15.3. The molecule has 1 aliphatic carbocycles. The van der Waals surface area contributed by atoms with Crippen molar-refractivity contribution in [3.8, 4) is 0 Å². The quantitative estimate of drug-likeness (QED) is 0.253. The number of rotatable bonds is 11. The molecule has 4 unspecified atom stereocenters. The minimum absolute atomic E-state index is 0.00991. The largest absolute Gasteiger partial charge is 0.456 e. The van der Waals surface area contributed by atoms with Gasteiger partial charge in [-0.2, -0.15) is 0 Å². The van der Waals surface area contributed by atoms with Gasteiger partial charge in [0.1, 0.15) is 18.2 Å². The van der Waals surface area contributed by atoms with Crippen molar-refractivity contribution < 1.29 is 23.9 Å². The average Bonchev–Trinajstić information content (AvgIpc) is 3.55. The predicted molar refractivity (Wildman–Crippen MR) is 184 cm³/mol. The van der Waals surface area contributed by atoms with Crippen LogP contribution in [-0.2, 0) is 30.3 Å². The highest BCUT2D eigenvalue weighted by molar-refractivity contribution is 5.96. The molecule has 4 rings (SSSR count). The number of ether oxygens (including phenoxy) is 1. The number of hydrogen-bond donors (Lipinski definition) is 1. The summed E-state index contributed by atoms with van der Waals surface area (Å²) in [5, 5.41) is 3.11. The highest BCUT2D eigenvalue weighted by atomic mass is 16.5. The third-order valence-electron chi connectivity index (χ3n) is 10.3. The second kappa shape index (κ2) is 16.3. The summed E-state index contributed by atoms with van der Waals surface area (Å²) in [6.07, 6.45) is 8.47. The van der Waals surface area contributed by atoms with Crippen LogP contribution in [0, 0.1) is 11.8 Å². The molecule has 0 aromatic heterocycles. The van der Waals surface area contributed by atoms with Crippen LogP contribution in [0.4, 0.5) is 0 Å². The first-order valence-corrected chi connectivity index (χ1v) is 17.9. The van der Waals surface area contributed by atoms with Gasteiger partial charge in [0, 0.05) is 25.2 Å². The van der Waals surface area contributed by atoms with E-state index in [-0.39, 0.29) is 59.8 Å². The number of likely N-dealkylation sites (tertiary alicyclic amines) is 2. The summed E-state index contributed by atoms with van der Waals surface area (Å²) in [5.74, 6) is -0.925. The molecule has 1 aromatic rings. The normalized spacial score (nSPS) is 23.4. The highest BCUT2D eigenvalue weighted by Crippen LogP contribution is 2.34. The number of esters is 1. The summed E-state index contributed by atoms with van der Waals surface area (Å²) in [4.78, 5) is 60.4. The molecule has 1 N–H and O–H groups in total. The summed E-state index contributed by atoms with van der Waals surface area (Å²) >= 11 is 0. The van der Waals surface area contributed by atoms with Crippen LogP contribution < -0.4 is 5.32 Å². The van der Waals surface area contributed by atoms with E-state index in [1.165, 1.54) is 5.56 Å². The first kappa shape index (κ1) is 36.6. The van der Waals surface area contributed by atoms with E-state index < -0.39 is 12.1 Å². The third kappa shape index (κ3) is 8.64. The number of benzene rings is 1. The van der Waals surface area contributed by atoms with Gasteiger partial charge in [-0.25, -0.2) is 4.79 Å². The molecule has 0 spiro atoms. The van der Waals surface area contributed by atoms with Gasteiger partial charge in [0.05, 0.1) is 12.1 Å².